The summed E-state index contributed by atoms with van der Waals surface area (Å²) in [5.74, 6) is 1.84. The van der Waals surface area contributed by atoms with Crippen LogP contribution in [-0.4, -0.2) is 47.1 Å². The molecule has 2 aromatic heterocycles. The van der Waals surface area contributed by atoms with Crippen LogP contribution in [0.2, 0.25) is 5.28 Å². The fraction of sp³-hybridized carbons (Fsp3) is 0.444. The highest BCUT2D eigenvalue weighted by atomic mass is 35.5. The predicted octanol–water partition coefficient (Wildman–Crippen LogP) is 1.93. The fourth-order valence-electron chi connectivity index (χ4n) is 3.82. The van der Waals surface area contributed by atoms with Crippen molar-refractivity contribution in [2.45, 2.75) is 6.42 Å². The van der Waals surface area contributed by atoms with Crippen LogP contribution in [0.25, 0.3) is 0 Å². The Kier molecular flexibility index (Phi) is 5.07. The Morgan fingerprint density at radius 2 is 2.19 bits per heavy atom. The van der Waals surface area contributed by atoms with Crippen molar-refractivity contribution in [3.8, 4) is 5.75 Å². The zero-order valence-electron chi connectivity index (χ0n) is 14.5. The molecule has 0 spiro atoms. The van der Waals surface area contributed by atoms with Gasteiger partial charge >= 0.3 is 0 Å². The van der Waals surface area contributed by atoms with Gasteiger partial charge in [-0.3, -0.25) is 9.78 Å². The first-order valence-electron chi connectivity index (χ1n) is 8.84. The van der Waals surface area contributed by atoms with Crippen LogP contribution in [0.5, 0.6) is 5.75 Å². The van der Waals surface area contributed by atoms with Gasteiger partial charge in [-0.1, -0.05) is 0 Å². The standard InChI is InChI=1S/C18H19ClFN5O2/c19-18-23-7-15(20)17(24-18)25-8-13-12(14(13)9-25)3-5-22-16(26)10-27-11-2-1-4-21-6-11/h1-2,4,6-7,12-14H,3,5,8-10H2,(H,22,26)/t12-,13-,14+. The summed E-state index contributed by atoms with van der Waals surface area (Å²) in [4.78, 5) is 25.3. The topological polar surface area (TPSA) is 80.2 Å². The lowest BCUT2D eigenvalue weighted by Gasteiger charge is -2.21. The van der Waals surface area contributed by atoms with Gasteiger partial charge in [0.1, 0.15) is 5.75 Å². The number of carbonyl (C=O) groups is 1. The molecule has 0 bridgehead atoms. The quantitative estimate of drug-likeness (QED) is 0.726. The maximum atomic E-state index is 13.9. The Balaban J connectivity index is 1.16. The second-order valence-corrected chi connectivity index (χ2v) is 7.16. The van der Waals surface area contributed by atoms with Crippen molar-refractivity contribution in [2.75, 3.05) is 31.1 Å². The molecule has 1 aliphatic heterocycles. The average Bonchev–Trinajstić information content (AvgIpc) is 3.12. The molecule has 0 unspecified atom stereocenters. The van der Waals surface area contributed by atoms with Crippen molar-refractivity contribution in [1.29, 1.82) is 0 Å². The van der Waals surface area contributed by atoms with Crippen molar-refractivity contribution < 1.29 is 13.9 Å². The number of piperidine rings is 1. The SMILES string of the molecule is O=C(COc1cccnc1)NCC[C@@H]1[C@H]2CN(c3nc(Cl)ncc3F)C[C@@H]12. The summed E-state index contributed by atoms with van der Waals surface area (Å²) in [6, 6.07) is 3.51. The number of halogens is 2. The third-order valence-electron chi connectivity index (χ3n) is 5.17. The van der Waals surface area contributed by atoms with E-state index in [0.717, 1.165) is 25.7 Å². The van der Waals surface area contributed by atoms with Gasteiger partial charge in [-0.25, -0.2) is 9.37 Å². The van der Waals surface area contributed by atoms with Crippen molar-refractivity contribution >= 4 is 23.3 Å². The molecule has 3 heterocycles. The summed E-state index contributed by atoms with van der Waals surface area (Å²) in [6.45, 7) is 2.11. The monoisotopic (exact) mass is 391 g/mol. The summed E-state index contributed by atoms with van der Waals surface area (Å²) in [5, 5.41) is 2.93. The van der Waals surface area contributed by atoms with Crippen LogP contribution < -0.4 is 15.0 Å². The van der Waals surface area contributed by atoms with Crippen LogP contribution in [0.3, 0.4) is 0 Å². The molecule has 4 rings (SSSR count). The molecule has 9 heteroatoms. The molecule has 1 saturated heterocycles. The van der Waals surface area contributed by atoms with Crippen molar-refractivity contribution in [1.82, 2.24) is 20.3 Å². The fourth-order valence-corrected chi connectivity index (χ4v) is 3.95. The molecule has 2 aromatic rings. The molecule has 0 aromatic carbocycles. The first-order valence-corrected chi connectivity index (χ1v) is 9.22. The number of nitrogens with zero attached hydrogens (tertiary/aromatic N) is 4. The average molecular weight is 392 g/mol. The number of carbonyl (C=O) groups excluding carboxylic acids is 1. The van der Waals surface area contributed by atoms with Gasteiger partial charge in [0, 0.05) is 25.8 Å². The molecule has 2 fully saturated rings. The predicted molar refractivity (Wildman–Crippen MR) is 97.0 cm³/mol. The van der Waals surface area contributed by atoms with E-state index in [9.17, 15) is 9.18 Å². The molecule has 2 aliphatic rings. The van der Waals surface area contributed by atoms with Crippen molar-refractivity contribution in [3.63, 3.8) is 0 Å². The van der Waals surface area contributed by atoms with E-state index in [1.165, 1.54) is 0 Å². The highest BCUT2D eigenvalue weighted by Crippen LogP contribution is 2.54. The number of amides is 1. The number of anilines is 1. The maximum absolute atomic E-state index is 13.9. The third kappa shape index (κ3) is 4.10. The Bertz CT molecular complexity index is 813. The van der Waals surface area contributed by atoms with Gasteiger partial charge in [0.2, 0.25) is 5.28 Å². The molecule has 3 atom stereocenters. The summed E-state index contributed by atoms with van der Waals surface area (Å²) in [5.41, 5.74) is 0. The molecular weight excluding hydrogens is 373 g/mol. The lowest BCUT2D eigenvalue weighted by molar-refractivity contribution is -0.123. The highest BCUT2D eigenvalue weighted by Gasteiger charge is 2.55. The van der Waals surface area contributed by atoms with Crippen LogP contribution in [0.15, 0.2) is 30.7 Å². The number of hydrogen-bond acceptors (Lipinski definition) is 6. The van der Waals surface area contributed by atoms with Crippen LogP contribution in [0.4, 0.5) is 10.2 Å². The van der Waals surface area contributed by atoms with Gasteiger partial charge < -0.3 is 15.0 Å². The van der Waals surface area contributed by atoms with E-state index < -0.39 is 5.82 Å². The number of nitrogens with one attached hydrogen (secondary N) is 1. The highest BCUT2D eigenvalue weighted by molar-refractivity contribution is 6.28. The van der Waals surface area contributed by atoms with E-state index >= 15 is 0 Å². The molecular formula is C18H19ClFN5O2. The molecule has 1 aliphatic carbocycles. The van der Waals surface area contributed by atoms with E-state index in [1.54, 1.807) is 24.5 Å². The molecule has 27 heavy (non-hydrogen) atoms. The van der Waals surface area contributed by atoms with Gasteiger partial charge in [0.05, 0.1) is 12.4 Å². The van der Waals surface area contributed by atoms with E-state index in [4.69, 9.17) is 16.3 Å². The number of fused-ring (bicyclic) bond motifs is 1. The van der Waals surface area contributed by atoms with Gasteiger partial charge in [0.25, 0.3) is 5.91 Å². The molecule has 7 nitrogen and oxygen atoms in total. The van der Waals surface area contributed by atoms with Crippen LogP contribution in [0, 0.1) is 23.6 Å². The number of pyridine rings is 1. The second-order valence-electron chi connectivity index (χ2n) is 6.82. The molecule has 1 amide bonds. The lowest BCUT2D eigenvalue weighted by Crippen LogP contribution is -2.31. The summed E-state index contributed by atoms with van der Waals surface area (Å²) < 4.78 is 19.2. The zero-order valence-corrected chi connectivity index (χ0v) is 15.3. The molecule has 0 radical (unpaired) electrons. The lowest BCUT2D eigenvalue weighted by atomic mass is 10.2. The molecule has 1 N–H and O–H groups in total. The second kappa shape index (κ2) is 7.64. The normalized spacial score (nSPS) is 23.0. The summed E-state index contributed by atoms with van der Waals surface area (Å²) in [7, 11) is 0. The van der Waals surface area contributed by atoms with E-state index in [0.29, 0.717) is 30.0 Å². The third-order valence-corrected chi connectivity index (χ3v) is 5.35. The smallest absolute Gasteiger partial charge is 0.257 e. The zero-order chi connectivity index (χ0) is 18.8. The van der Waals surface area contributed by atoms with Gasteiger partial charge in [-0.15, -0.1) is 0 Å². The maximum Gasteiger partial charge on any atom is 0.257 e. The number of ether oxygens (including phenoxy) is 1. The van der Waals surface area contributed by atoms with E-state index in [1.807, 2.05) is 4.90 Å². The Hall–Kier alpha value is -2.48. The first-order chi connectivity index (χ1) is 13.1. The van der Waals surface area contributed by atoms with Gasteiger partial charge in [0.15, 0.2) is 18.2 Å². The Labute approximate surface area is 160 Å². The number of aromatic nitrogens is 3. The van der Waals surface area contributed by atoms with Crippen molar-refractivity contribution in [3.05, 3.63) is 41.8 Å². The van der Waals surface area contributed by atoms with E-state index in [-0.39, 0.29) is 23.6 Å². The first kappa shape index (κ1) is 17.9. The Morgan fingerprint density at radius 3 is 2.93 bits per heavy atom. The number of hydrogen-bond donors (Lipinski definition) is 1. The molecule has 142 valence electrons. The van der Waals surface area contributed by atoms with Crippen LogP contribution in [0.1, 0.15) is 6.42 Å². The van der Waals surface area contributed by atoms with Crippen LogP contribution >= 0.6 is 11.6 Å². The molecule has 1 saturated carbocycles. The van der Waals surface area contributed by atoms with Gasteiger partial charge in [-0.05, 0) is 47.9 Å². The summed E-state index contributed by atoms with van der Waals surface area (Å²) >= 11 is 5.77. The van der Waals surface area contributed by atoms with Gasteiger partial charge in [-0.2, -0.15) is 4.98 Å². The minimum absolute atomic E-state index is 0.0231. The minimum Gasteiger partial charge on any atom is -0.482 e. The van der Waals surface area contributed by atoms with Crippen molar-refractivity contribution in [2.24, 2.45) is 17.8 Å². The van der Waals surface area contributed by atoms with E-state index in [2.05, 4.69) is 20.3 Å². The van der Waals surface area contributed by atoms with Crippen LogP contribution in [-0.2, 0) is 4.79 Å². The minimum atomic E-state index is -0.446. The largest absolute Gasteiger partial charge is 0.482 e. The number of rotatable bonds is 7. The summed E-state index contributed by atoms with van der Waals surface area (Å²) in [6.07, 6.45) is 5.23. The Morgan fingerprint density at radius 1 is 1.37 bits per heavy atom.